The number of ether oxygens (including phenoxy) is 1. The molecule has 162 valence electrons. The SMILES string of the molecule is CC(C)c1ccccc1N(CC(=O)NC1CC(C)(C)Oc2ccccc21)S(C)(=O)=O. The van der Waals surface area contributed by atoms with Crippen LogP contribution in [0.3, 0.4) is 0 Å². The minimum atomic E-state index is -3.65. The molecule has 2 aromatic carbocycles. The van der Waals surface area contributed by atoms with E-state index in [1.807, 2.05) is 64.1 Å². The lowest BCUT2D eigenvalue weighted by Crippen LogP contribution is -2.45. The number of sulfonamides is 1. The van der Waals surface area contributed by atoms with Gasteiger partial charge in [-0.1, -0.05) is 50.2 Å². The Morgan fingerprint density at radius 3 is 2.47 bits per heavy atom. The van der Waals surface area contributed by atoms with E-state index in [2.05, 4.69) is 5.32 Å². The molecule has 1 amide bonds. The molecule has 0 spiro atoms. The molecule has 0 aliphatic carbocycles. The zero-order chi connectivity index (χ0) is 22.1. The van der Waals surface area contributed by atoms with Crippen LogP contribution in [0.15, 0.2) is 48.5 Å². The smallest absolute Gasteiger partial charge is 0.241 e. The molecule has 0 aromatic heterocycles. The number of carbonyl (C=O) groups excluding carboxylic acids is 1. The summed E-state index contributed by atoms with van der Waals surface area (Å²) in [6.45, 7) is 7.68. The second-order valence-corrected chi connectivity index (χ2v) is 10.6. The van der Waals surface area contributed by atoms with Crippen molar-refractivity contribution in [1.82, 2.24) is 5.32 Å². The van der Waals surface area contributed by atoms with Crippen LogP contribution in [0.1, 0.15) is 57.2 Å². The average molecular weight is 431 g/mol. The van der Waals surface area contributed by atoms with Crippen molar-refractivity contribution in [1.29, 1.82) is 0 Å². The third-order valence-electron chi connectivity index (χ3n) is 5.23. The van der Waals surface area contributed by atoms with Crippen LogP contribution in [0.2, 0.25) is 0 Å². The van der Waals surface area contributed by atoms with Crippen molar-refractivity contribution in [3.8, 4) is 5.75 Å². The molecule has 7 heteroatoms. The number of amides is 1. The molecule has 1 heterocycles. The maximum absolute atomic E-state index is 13.0. The third-order valence-corrected chi connectivity index (χ3v) is 6.35. The minimum absolute atomic E-state index is 0.122. The molecule has 1 aliphatic heterocycles. The molecule has 30 heavy (non-hydrogen) atoms. The van der Waals surface area contributed by atoms with Crippen LogP contribution in [0.4, 0.5) is 5.69 Å². The predicted molar refractivity (Wildman–Crippen MR) is 119 cm³/mol. The highest BCUT2D eigenvalue weighted by Crippen LogP contribution is 2.39. The molecular weight excluding hydrogens is 400 g/mol. The molecule has 6 nitrogen and oxygen atoms in total. The van der Waals surface area contributed by atoms with Gasteiger partial charge in [0.05, 0.1) is 18.0 Å². The topological polar surface area (TPSA) is 75.7 Å². The summed E-state index contributed by atoms with van der Waals surface area (Å²) in [5.41, 5.74) is 1.89. The quantitative estimate of drug-likeness (QED) is 0.752. The zero-order valence-electron chi connectivity index (χ0n) is 18.2. The fourth-order valence-electron chi connectivity index (χ4n) is 3.89. The molecule has 2 aromatic rings. The lowest BCUT2D eigenvalue weighted by Gasteiger charge is -2.38. The van der Waals surface area contributed by atoms with Crippen LogP contribution in [-0.4, -0.2) is 32.7 Å². The van der Waals surface area contributed by atoms with Crippen molar-refractivity contribution in [2.24, 2.45) is 0 Å². The van der Waals surface area contributed by atoms with Crippen LogP contribution in [-0.2, 0) is 14.8 Å². The summed E-state index contributed by atoms with van der Waals surface area (Å²) in [5.74, 6) is 0.511. The number of fused-ring (bicyclic) bond motifs is 1. The van der Waals surface area contributed by atoms with E-state index in [1.54, 1.807) is 12.1 Å². The third kappa shape index (κ3) is 4.95. The van der Waals surface area contributed by atoms with Crippen molar-refractivity contribution in [2.45, 2.75) is 51.7 Å². The first-order valence-electron chi connectivity index (χ1n) is 10.1. The summed E-state index contributed by atoms with van der Waals surface area (Å²) in [6, 6.07) is 14.7. The molecule has 1 unspecified atom stereocenters. The fraction of sp³-hybridized carbons (Fsp3) is 0.435. The van der Waals surface area contributed by atoms with Gasteiger partial charge in [-0.15, -0.1) is 0 Å². The Kier molecular flexibility index (Phi) is 6.13. The Labute approximate surface area is 179 Å². The van der Waals surface area contributed by atoms with Crippen LogP contribution >= 0.6 is 0 Å². The number of hydrogen-bond acceptors (Lipinski definition) is 4. The van der Waals surface area contributed by atoms with Gasteiger partial charge in [-0.05, 0) is 37.5 Å². The Morgan fingerprint density at radius 2 is 1.80 bits per heavy atom. The number of rotatable bonds is 6. The molecule has 0 bridgehead atoms. The van der Waals surface area contributed by atoms with Crippen molar-refractivity contribution < 1.29 is 17.9 Å². The number of nitrogens with one attached hydrogen (secondary N) is 1. The normalized spacial score (nSPS) is 17.7. The Balaban J connectivity index is 1.87. The molecular formula is C23H30N2O4S. The zero-order valence-corrected chi connectivity index (χ0v) is 19.0. The molecule has 0 radical (unpaired) electrons. The monoisotopic (exact) mass is 430 g/mol. The largest absolute Gasteiger partial charge is 0.487 e. The van der Waals surface area contributed by atoms with Gasteiger partial charge in [-0.25, -0.2) is 8.42 Å². The number of hydrogen-bond donors (Lipinski definition) is 1. The maximum atomic E-state index is 13.0. The van der Waals surface area contributed by atoms with Gasteiger partial charge in [0, 0.05) is 12.0 Å². The van der Waals surface area contributed by atoms with Crippen LogP contribution in [0.25, 0.3) is 0 Å². The molecule has 1 aliphatic rings. The first-order valence-corrected chi connectivity index (χ1v) is 12.0. The highest BCUT2D eigenvalue weighted by Gasteiger charge is 2.35. The van der Waals surface area contributed by atoms with Crippen LogP contribution in [0.5, 0.6) is 5.75 Å². The second-order valence-electron chi connectivity index (χ2n) is 8.71. The van der Waals surface area contributed by atoms with Gasteiger partial charge in [-0.3, -0.25) is 9.10 Å². The average Bonchev–Trinajstić information content (AvgIpc) is 2.64. The molecule has 0 fully saturated rings. The lowest BCUT2D eigenvalue weighted by atomic mass is 9.89. The van der Waals surface area contributed by atoms with Gasteiger partial charge >= 0.3 is 0 Å². The van der Waals surface area contributed by atoms with E-state index in [-0.39, 0.29) is 24.4 Å². The van der Waals surface area contributed by atoms with Gasteiger partial charge in [0.2, 0.25) is 15.9 Å². The van der Waals surface area contributed by atoms with Gasteiger partial charge in [0.1, 0.15) is 17.9 Å². The van der Waals surface area contributed by atoms with E-state index in [4.69, 9.17) is 4.74 Å². The van der Waals surface area contributed by atoms with E-state index in [1.165, 1.54) is 4.31 Å². The van der Waals surface area contributed by atoms with Crippen LogP contribution in [0, 0.1) is 0 Å². The van der Waals surface area contributed by atoms with Gasteiger partial charge in [-0.2, -0.15) is 0 Å². The van der Waals surface area contributed by atoms with E-state index < -0.39 is 15.6 Å². The second kappa shape index (κ2) is 8.30. The Hall–Kier alpha value is -2.54. The molecule has 3 rings (SSSR count). The van der Waals surface area contributed by atoms with E-state index in [0.29, 0.717) is 12.1 Å². The number of carbonyl (C=O) groups is 1. The number of nitrogens with zero attached hydrogens (tertiary/aromatic N) is 1. The molecule has 1 atom stereocenters. The first-order chi connectivity index (χ1) is 14.0. The lowest BCUT2D eigenvalue weighted by molar-refractivity contribution is -0.120. The first kappa shape index (κ1) is 22.2. The van der Waals surface area contributed by atoms with Gasteiger partial charge < -0.3 is 10.1 Å². The minimum Gasteiger partial charge on any atom is -0.487 e. The molecule has 0 saturated carbocycles. The number of benzene rings is 2. The van der Waals surface area contributed by atoms with Crippen molar-refractivity contribution in [3.63, 3.8) is 0 Å². The summed E-state index contributed by atoms with van der Waals surface area (Å²) in [4.78, 5) is 13.0. The maximum Gasteiger partial charge on any atom is 0.241 e. The fourth-order valence-corrected chi connectivity index (χ4v) is 4.76. The summed E-state index contributed by atoms with van der Waals surface area (Å²) in [5, 5.41) is 3.03. The van der Waals surface area contributed by atoms with Crippen LogP contribution < -0.4 is 14.4 Å². The van der Waals surface area contributed by atoms with E-state index in [0.717, 1.165) is 23.1 Å². The summed E-state index contributed by atoms with van der Waals surface area (Å²) in [7, 11) is -3.65. The highest BCUT2D eigenvalue weighted by molar-refractivity contribution is 7.92. The number of anilines is 1. The molecule has 1 N–H and O–H groups in total. The summed E-state index contributed by atoms with van der Waals surface area (Å²) < 4.78 is 32.3. The van der Waals surface area contributed by atoms with Gasteiger partial charge in [0.25, 0.3) is 0 Å². The molecule has 0 saturated heterocycles. The van der Waals surface area contributed by atoms with Gasteiger partial charge in [0.15, 0.2) is 0 Å². The van der Waals surface area contributed by atoms with Crippen molar-refractivity contribution in [3.05, 3.63) is 59.7 Å². The van der Waals surface area contributed by atoms with E-state index >= 15 is 0 Å². The summed E-state index contributed by atoms with van der Waals surface area (Å²) >= 11 is 0. The van der Waals surface area contributed by atoms with Crippen molar-refractivity contribution >= 4 is 21.6 Å². The highest BCUT2D eigenvalue weighted by atomic mass is 32.2. The van der Waals surface area contributed by atoms with E-state index in [9.17, 15) is 13.2 Å². The number of para-hydroxylation sites is 2. The standard InChI is InChI=1S/C23H30N2O4S/c1-16(2)17-10-6-8-12-20(17)25(30(5,27)28)15-22(26)24-19-14-23(3,4)29-21-13-9-7-11-18(19)21/h6-13,16,19H,14-15H2,1-5H3,(H,24,26). The Bertz CT molecular complexity index is 1030. The van der Waals surface area contributed by atoms with Crippen molar-refractivity contribution in [2.75, 3.05) is 17.1 Å². The predicted octanol–water partition coefficient (Wildman–Crippen LogP) is 3.99. The summed E-state index contributed by atoms with van der Waals surface area (Å²) in [6.07, 6.45) is 1.72. The Morgan fingerprint density at radius 1 is 1.17 bits per heavy atom.